The molecule has 1 heterocycles. The molecule has 1 unspecified atom stereocenters. The lowest BCUT2D eigenvalue weighted by Crippen LogP contribution is -2.28. The maximum atomic E-state index is 5.56. The Kier molecular flexibility index (Phi) is 4.84. The van der Waals surface area contributed by atoms with Crippen LogP contribution < -0.4 is 14.8 Å². The van der Waals surface area contributed by atoms with Crippen molar-refractivity contribution in [3.8, 4) is 11.5 Å². The third kappa shape index (κ3) is 3.37. The topological polar surface area (TPSA) is 39.7 Å². The summed E-state index contributed by atoms with van der Waals surface area (Å²) in [7, 11) is 1.66. The van der Waals surface area contributed by atoms with E-state index in [1.807, 2.05) is 19.1 Å². The molecule has 4 nitrogen and oxygen atoms in total. The molecule has 1 aliphatic rings. The summed E-state index contributed by atoms with van der Waals surface area (Å²) < 4.78 is 16.2. The third-order valence-electron chi connectivity index (χ3n) is 3.05. The van der Waals surface area contributed by atoms with Gasteiger partial charge in [-0.15, -0.1) is 0 Å². The zero-order valence-electron chi connectivity index (χ0n) is 11.1. The van der Waals surface area contributed by atoms with E-state index in [1.165, 1.54) is 5.56 Å². The number of ether oxygens (including phenoxy) is 3. The molecule has 1 aliphatic heterocycles. The van der Waals surface area contributed by atoms with Gasteiger partial charge < -0.3 is 19.5 Å². The summed E-state index contributed by atoms with van der Waals surface area (Å²) in [6.45, 7) is 5.13. The van der Waals surface area contributed by atoms with Crippen LogP contribution in [0.25, 0.3) is 0 Å². The van der Waals surface area contributed by atoms with Crippen LogP contribution in [0.2, 0.25) is 0 Å². The fourth-order valence-corrected chi connectivity index (χ4v) is 2.06. The molecule has 1 atom stereocenters. The normalized spacial score (nSPS) is 18.9. The summed E-state index contributed by atoms with van der Waals surface area (Å²) in [6, 6.07) is 6.52. The van der Waals surface area contributed by atoms with E-state index in [0.717, 1.165) is 37.7 Å². The van der Waals surface area contributed by atoms with E-state index in [4.69, 9.17) is 14.2 Å². The van der Waals surface area contributed by atoms with Crippen LogP contribution in [0, 0.1) is 0 Å². The maximum Gasteiger partial charge on any atom is 0.161 e. The van der Waals surface area contributed by atoms with Gasteiger partial charge in [-0.2, -0.15) is 0 Å². The van der Waals surface area contributed by atoms with Crippen molar-refractivity contribution in [3.63, 3.8) is 0 Å². The molecular formula is C14H21NO3. The van der Waals surface area contributed by atoms with Crippen molar-refractivity contribution >= 4 is 0 Å². The molecule has 0 aromatic heterocycles. The van der Waals surface area contributed by atoms with E-state index >= 15 is 0 Å². The van der Waals surface area contributed by atoms with Gasteiger partial charge in [0.1, 0.15) is 0 Å². The van der Waals surface area contributed by atoms with Crippen molar-refractivity contribution in [1.29, 1.82) is 0 Å². The van der Waals surface area contributed by atoms with Gasteiger partial charge in [0.2, 0.25) is 0 Å². The first-order chi connectivity index (χ1) is 8.83. The molecule has 1 fully saturated rings. The largest absolute Gasteiger partial charge is 0.493 e. The molecule has 0 spiro atoms. The van der Waals surface area contributed by atoms with Crippen LogP contribution in [-0.2, 0) is 11.3 Å². The highest BCUT2D eigenvalue weighted by molar-refractivity contribution is 5.42. The van der Waals surface area contributed by atoms with E-state index in [0.29, 0.717) is 12.6 Å². The fourth-order valence-electron chi connectivity index (χ4n) is 2.06. The van der Waals surface area contributed by atoms with Crippen molar-refractivity contribution in [2.24, 2.45) is 0 Å². The number of nitrogens with one attached hydrogen (secondary N) is 1. The van der Waals surface area contributed by atoms with Gasteiger partial charge >= 0.3 is 0 Å². The highest BCUT2D eigenvalue weighted by Crippen LogP contribution is 2.28. The second-order valence-electron chi connectivity index (χ2n) is 4.36. The first kappa shape index (κ1) is 13.2. The number of hydrogen-bond acceptors (Lipinski definition) is 4. The predicted octanol–water partition coefficient (Wildman–Crippen LogP) is 1.97. The summed E-state index contributed by atoms with van der Waals surface area (Å²) in [6.07, 6.45) is 1.09. The third-order valence-corrected chi connectivity index (χ3v) is 3.05. The van der Waals surface area contributed by atoms with Crippen molar-refractivity contribution in [1.82, 2.24) is 5.32 Å². The van der Waals surface area contributed by atoms with Gasteiger partial charge in [-0.1, -0.05) is 6.07 Å². The molecule has 2 rings (SSSR count). The van der Waals surface area contributed by atoms with Gasteiger partial charge in [0.25, 0.3) is 0 Å². The summed E-state index contributed by atoms with van der Waals surface area (Å²) >= 11 is 0. The van der Waals surface area contributed by atoms with Crippen LogP contribution in [0.5, 0.6) is 11.5 Å². The first-order valence-electron chi connectivity index (χ1n) is 6.44. The van der Waals surface area contributed by atoms with Gasteiger partial charge in [-0.05, 0) is 31.0 Å². The van der Waals surface area contributed by atoms with Crippen LogP contribution >= 0.6 is 0 Å². The smallest absolute Gasteiger partial charge is 0.161 e. The molecular weight excluding hydrogens is 230 g/mol. The molecule has 1 N–H and O–H groups in total. The van der Waals surface area contributed by atoms with Crippen LogP contribution in [0.15, 0.2) is 18.2 Å². The van der Waals surface area contributed by atoms with Crippen molar-refractivity contribution in [2.75, 3.05) is 26.9 Å². The zero-order valence-corrected chi connectivity index (χ0v) is 11.1. The molecule has 0 amide bonds. The Morgan fingerprint density at radius 1 is 1.39 bits per heavy atom. The number of rotatable bonds is 6. The van der Waals surface area contributed by atoms with Crippen LogP contribution in [0.3, 0.4) is 0 Å². The van der Waals surface area contributed by atoms with E-state index in [9.17, 15) is 0 Å². The lowest BCUT2D eigenvalue weighted by Gasteiger charge is -2.13. The molecule has 1 aromatic carbocycles. The summed E-state index contributed by atoms with van der Waals surface area (Å²) in [5, 5.41) is 3.48. The average Bonchev–Trinajstić information content (AvgIpc) is 2.90. The minimum atomic E-state index is 0.475. The van der Waals surface area contributed by atoms with Crippen LogP contribution in [-0.4, -0.2) is 33.0 Å². The van der Waals surface area contributed by atoms with Gasteiger partial charge in [0.05, 0.1) is 20.3 Å². The lowest BCUT2D eigenvalue weighted by molar-refractivity contribution is 0.190. The standard InChI is InChI=1S/C14H21NO3/c1-3-18-14-8-11(4-5-13(14)16-2)9-15-12-6-7-17-10-12/h4-5,8,12,15H,3,6-7,9-10H2,1-2H3. The summed E-state index contributed by atoms with van der Waals surface area (Å²) in [5.74, 6) is 1.59. The Balaban J connectivity index is 1.96. The van der Waals surface area contributed by atoms with E-state index in [1.54, 1.807) is 7.11 Å². The highest BCUT2D eigenvalue weighted by atomic mass is 16.5. The SMILES string of the molecule is CCOc1cc(CNC2CCOC2)ccc1OC. The molecule has 0 aliphatic carbocycles. The molecule has 18 heavy (non-hydrogen) atoms. The van der Waals surface area contributed by atoms with Crippen molar-refractivity contribution < 1.29 is 14.2 Å². The van der Waals surface area contributed by atoms with Gasteiger partial charge in [0, 0.05) is 19.2 Å². The Hall–Kier alpha value is -1.26. The van der Waals surface area contributed by atoms with Gasteiger partial charge in [-0.25, -0.2) is 0 Å². The second-order valence-corrected chi connectivity index (χ2v) is 4.36. The van der Waals surface area contributed by atoms with E-state index < -0.39 is 0 Å². The molecule has 1 saturated heterocycles. The number of benzene rings is 1. The van der Waals surface area contributed by atoms with Crippen molar-refractivity contribution in [2.45, 2.75) is 25.9 Å². The Morgan fingerprint density at radius 3 is 2.94 bits per heavy atom. The minimum absolute atomic E-state index is 0.475. The van der Waals surface area contributed by atoms with E-state index in [-0.39, 0.29) is 0 Å². The predicted molar refractivity (Wildman–Crippen MR) is 70.2 cm³/mol. The first-order valence-corrected chi connectivity index (χ1v) is 6.44. The van der Waals surface area contributed by atoms with Gasteiger partial charge in [0.15, 0.2) is 11.5 Å². The zero-order chi connectivity index (χ0) is 12.8. The number of methoxy groups -OCH3 is 1. The van der Waals surface area contributed by atoms with E-state index in [2.05, 4.69) is 11.4 Å². The summed E-state index contributed by atoms with van der Waals surface area (Å²) in [4.78, 5) is 0. The molecule has 0 bridgehead atoms. The number of hydrogen-bond donors (Lipinski definition) is 1. The Morgan fingerprint density at radius 2 is 2.28 bits per heavy atom. The fraction of sp³-hybridized carbons (Fsp3) is 0.571. The quantitative estimate of drug-likeness (QED) is 0.839. The lowest BCUT2D eigenvalue weighted by atomic mass is 10.1. The monoisotopic (exact) mass is 251 g/mol. The van der Waals surface area contributed by atoms with Crippen LogP contribution in [0.1, 0.15) is 18.9 Å². The highest BCUT2D eigenvalue weighted by Gasteiger charge is 2.14. The molecule has 0 saturated carbocycles. The Labute approximate surface area is 108 Å². The van der Waals surface area contributed by atoms with Gasteiger partial charge in [-0.3, -0.25) is 0 Å². The molecule has 4 heteroatoms. The second kappa shape index (κ2) is 6.61. The minimum Gasteiger partial charge on any atom is -0.493 e. The average molecular weight is 251 g/mol. The Bertz CT molecular complexity index is 375. The summed E-state index contributed by atoms with van der Waals surface area (Å²) in [5.41, 5.74) is 1.20. The molecule has 1 aromatic rings. The van der Waals surface area contributed by atoms with Crippen LogP contribution in [0.4, 0.5) is 0 Å². The maximum absolute atomic E-state index is 5.56. The molecule has 100 valence electrons. The molecule has 0 radical (unpaired) electrons. The van der Waals surface area contributed by atoms with Crippen molar-refractivity contribution in [3.05, 3.63) is 23.8 Å².